The zero-order valence-corrected chi connectivity index (χ0v) is 16.5. The maximum atomic E-state index is 13.3. The van der Waals surface area contributed by atoms with E-state index in [1.165, 1.54) is 0 Å². The van der Waals surface area contributed by atoms with Crippen LogP contribution < -0.4 is 5.32 Å². The van der Waals surface area contributed by atoms with E-state index in [0.717, 1.165) is 11.3 Å². The van der Waals surface area contributed by atoms with Gasteiger partial charge in [0.2, 0.25) is 0 Å². The number of nitrogens with zero attached hydrogens (tertiary/aromatic N) is 1. The highest BCUT2D eigenvalue weighted by Crippen LogP contribution is 2.60. The van der Waals surface area contributed by atoms with Crippen LogP contribution >= 0.6 is 0 Å². The molecule has 0 radical (unpaired) electrons. The van der Waals surface area contributed by atoms with Gasteiger partial charge in [0.05, 0.1) is 0 Å². The summed E-state index contributed by atoms with van der Waals surface area (Å²) in [6, 6.07) is 7.61. The van der Waals surface area contributed by atoms with Crippen molar-refractivity contribution in [3.8, 4) is 0 Å². The number of morpholine rings is 1. The second-order valence-corrected chi connectivity index (χ2v) is 9.01. The van der Waals surface area contributed by atoms with Gasteiger partial charge >= 0.3 is 5.97 Å². The molecule has 1 N–H and O–H groups in total. The summed E-state index contributed by atoms with van der Waals surface area (Å²) in [5, 5.41) is 3.55. The van der Waals surface area contributed by atoms with Crippen molar-refractivity contribution in [1.82, 2.24) is 4.90 Å². The first kappa shape index (κ1) is 18.1. The lowest BCUT2D eigenvalue weighted by molar-refractivity contribution is -0.178. The molecule has 2 fully saturated rings. The molecule has 0 saturated carbocycles. The molecule has 3 aliphatic rings. The summed E-state index contributed by atoms with van der Waals surface area (Å²) in [5.41, 5.74) is 1.44. The molecule has 0 spiro atoms. The Labute approximate surface area is 160 Å². The third-order valence-electron chi connectivity index (χ3n) is 6.70. The Morgan fingerprint density at radius 3 is 2.74 bits per heavy atom. The van der Waals surface area contributed by atoms with Crippen molar-refractivity contribution in [1.29, 1.82) is 0 Å². The molecule has 3 aliphatic heterocycles. The maximum Gasteiger partial charge on any atom is 0.329 e. The van der Waals surface area contributed by atoms with Crippen LogP contribution in [-0.4, -0.2) is 35.1 Å². The van der Waals surface area contributed by atoms with Crippen LogP contribution in [0.15, 0.2) is 36.9 Å². The van der Waals surface area contributed by atoms with Crippen molar-refractivity contribution in [3.63, 3.8) is 0 Å². The average molecular weight is 368 g/mol. The van der Waals surface area contributed by atoms with E-state index in [1.54, 1.807) is 4.90 Å². The molecule has 5 heteroatoms. The first-order valence-corrected chi connectivity index (χ1v) is 9.75. The van der Waals surface area contributed by atoms with Gasteiger partial charge in [-0.3, -0.25) is 4.79 Å². The highest BCUT2D eigenvalue weighted by Gasteiger charge is 2.67. The van der Waals surface area contributed by atoms with Gasteiger partial charge < -0.3 is 15.0 Å². The summed E-state index contributed by atoms with van der Waals surface area (Å²) in [6.45, 7) is 12.4. The van der Waals surface area contributed by atoms with Crippen LogP contribution in [0.4, 0.5) is 5.69 Å². The SMILES string of the molecule is C=CC(C)(C)[C@@]12C[C@H]3C(=O)O[C@@H](CC(C)C)C(=O)N3[C@@H]1Nc1ccccc12. The van der Waals surface area contributed by atoms with Crippen molar-refractivity contribution >= 4 is 17.6 Å². The van der Waals surface area contributed by atoms with Crippen LogP contribution in [0.3, 0.4) is 0 Å². The number of fused-ring (bicyclic) bond motifs is 5. The molecule has 0 bridgehead atoms. The molecule has 1 aromatic rings. The van der Waals surface area contributed by atoms with Gasteiger partial charge in [0, 0.05) is 11.1 Å². The zero-order valence-electron chi connectivity index (χ0n) is 16.5. The van der Waals surface area contributed by atoms with E-state index in [-0.39, 0.29) is 29.4 Å². The Morgan fingerprint density at radius 2 is 2.07 bits per heavy atom. The Bertz CT molecular complexity index is 816. The normalized spacial score (nSPS) is 31.9. The average Bonchev–Trinajstić information content (AvgIpc) is 3.12. The molecule has 0 unspecified atom stereocenters. The lowest BCUT2D eigenvalue weighted by Crippen LogP contribution is -2.59. The first-order chi connectivity index (χ1) is 12.7. The lowest BCUT2D eigenvalue weighted by Gasteiger charge is -2.44. The van der Waals surface area contributed by atoms with Gasteiger partial charge in [-0.25, -0.2) is 4.79 Å². The number of carbonyl (C=O) groups excluding carboxylic acids is 2. The molecule has 1 aromatic carbocycles. The lowest BCUT2D eigenvalue weighted by atomic mass is 9.60. The number of cyclic esters (lactones) is 1. The van der Waals surface area contributed by atoms with E-state index in [4.69, 9.17) is 4.74 Å². The Kier molecular flexibility index (Phi) is 3.92. The molecular formula is C22H28N2O3. The number of esters is 1. The van der Waals surface area contributed by atoms with Crippen LogP contribution in [0.5, 0.6) is 0 Å². The molecule has 0 aromatic heterocycles. The topological polar surface area (TPSA) is 58.6 Å². The number of hydrogen-bond donors (Lipinski definition) is 1. The van der Waals surface area contributed by atoms with E-state index < -0.39 is 17.6 Å². The number of carbonyl (C=O) groups is 2. The predicted octanol–water partition coefficient (Wildman–Crippen LogP) is 3.46. The van der Waals surface area contributed by atoms with Crippen LogP contribution in [0.1, 0.15) is 46.1 Å². The highest BCUT2D eigenvalue weighted by atomic mass is 16.6. The number of amides is 1. The van der Waals surface area contributed by atoms with Gasteiger partial charge in [-0.1, -0.05) is 52.0 Å². The molecule has 5 nitrogen and oxygen atoms in total. The Balaban J connectivity index is 1.84. The summed E-state index contributed by atoms with van der Waals surface area (Å²) in [7, 11) is 0. The van der Waals surface area contributed by atoms with Gasteiger partial charge in [0.1, 0.15) is 12.2 Å². The van der Waals surface area contributed by atoms with Gasteiger partial charge in [-0.15, -0.1) is 6.58 Å². The summed E-state index contributed by atoms with van der Waals surface area (Å²) < 4.78 is 5.58. The summed E-state index contributed by atoms with van der Waals surface area (Å²) in [5.74, 6) is -0.0949. The molecule has 0 aliphatic carbocycles. The fourth-order valence-electron chi connectivity index (χ4n) is 5.16. The van der Waals surface area contributed by atoms with Crippen molar-refractivity contribution in [3.05, 3.63) is 42.5 Å². The molecule has 1 amide bonds. The number of ether oxygens (including phenoxy) is 1. The monoisotopic (exact) mass is 368 g/mol. The van der Waals surface area contributed by atoms with Crippen molar-refractivity contribution in [2.45, 2.75) is 64.3 Å². The zero-order chi connectivity index (χ0) is 19.6. The van der Waals surface area contributed by atoms with Crippen molar-refractivity contribution in [2.75, 3.05) is 5.32 Å². The molecule has 2 saturated heterocycles. The third kappa shape index (κ3) is 2.30. The van der Waals surface area contributed by atoms with Crippen molar-refractivity contribution < 1.29 is 14.3 Å². The second-order valence-electron chi connectivity index (χ2n) is 9.01. The van der Waals surface area contributed by atoms with Gasteiger partial charge in [-0.05, 0) is 35.8 Å². The number of allylic oxidation sites excluding steroid dienone is 1. The summed E-state index contributed by atoms with van der Waals surface area (Å²) in [6.07, 6.45) is 2.07. The molecule has 144 valence electrons. The molecule has 4 rings (SSSR count). The molecule has 4 atom stereocenters. The van der Waals surface area contributed by atoms with E-state index >= 15 is 0 Å². The number of benzene rings is 1. The Hall–Kier alpha value is -2.30. The fraction of sp³-hybridized carbons (Fsp3) is 0.545. The van der Waals surface area contributed by atoms with Crippen LogP contribution in [0, 0.1) is 11.3 Å². The minimum Gasteiger partial charge on any atom is -0.451 e. The van der Waals surface area contributed by atoms with Gasteiger partial charge in [0.25, 0.3) is 5.91 Å². The maximum absolute atomic E-state index is 13.3. The Morgan fingerprint density at radius 1 is 1.37 bits per heavy atom. The van der Waals surface area contributed by atoms with E-state index in [2.05, 4.69) is 31.8 Å². The first-order valence-electron chi connectivity index (χ1n) is 9.75. The predicted molar refractivity (Wildman–Crippen MR) is 104 cm³/mol. The largest absolute Gasteiger partial charge is 0.451 e. The summed E-state index contributed by atoms with van der Waals surface area (Å²) >= 11 is 0. The molecular weight excluding hydrogens is 340 g/mol. The minimum absolute atomic E-state index is 0.0830. The number of rotatable bonds is 4. The molecule has 3 heterocycles. The smallest absolute Gasteiger partial charge is 0.329 e. The third-order valence-corrected chi connectivity index (χ3v) is 6.70. The van der Waals surface area contributed by atoms with Crippen molar-refractivity contribution in [2.24, 2.45) is 11.3 Å². The van der Waals surface area contributed by atoms with E-state index in [0.29, 0.717) is 12.8 Å². The van der Waals surface area contributed by atoms with Crippen LogP contribution in [0.25, 0.3) is 0 Å². The van der Waals surface area contributed by atoms with Crippen LogP contribution in [-0.2, 0) is 19.7 Å². The number of para-hydroxylation sites is 1. The fourth-order valence-corrected chi connectivity index (χ4v) is 5.16. The quantitative estimate of drug-likeness (QED) is 0.653. The minimum atomic E-state index is -0.693. The highest BCUT2D eigenvalue weighted by molar-refractivity contribution is 5.95. The number of hydrogen-bond acceptors (Lipinski definition) is 4. The van der Waals surface area contributed by atoms with E-state index in [9.17, 15) is 9.59 Å². The van der Waals surface area contributed by atoms with Crippen LogP contribution in [0.2, 0.25) is 0 Å². The number of nitrogens with one attached hydrogen (secondary N) is 1. The van der Waals surface area contributed by atoms with Gasteiger partial charge in [-0.2, -0.15) is 0 Å². The summed E-state index contributed by atoms with van der Waals surface area (Å²) in [4.78, 5) is 27.9. The number of anilines is 1. The van der Waals surface area contributed by atoms with Gasteiger partial charge in [0.15, 0.2) is 6.10 Å². The molecule has 27 heavy (non-hydrogen) atoms. The van der Waals surface area contributed by atoms with E-state index in [1.807, 2.05) is 38.1 Å². The standard InChI is InChI=1S/C22H28N2O3/c1-6-21(4,5)22-12-16-19(26)27-17(11-13(2)3)18(25)24(16)20(22)23-15-10-8-7-9-14(15)22/h6-10,13,16-17,20,23H,1,11-12H2,2-5H3/t16-,17-,20-,22+/m0/s1. The second kappa shape index (κ2) is 5.85.